The van der Waals surface area contributed by atoms with Crippen LogP contribution >= 0.6 is 0 Å². The van der Waals surface area contributed by atoms with E-state index in [0.29, 0.717) is 0 Å². The van der Waals surface area contributed by atoms with Gasteiger partial charge in [0.1, 0.15) is 5.84 Å². The first-order chi connectivity index (χ1) is 5.88. The lowest BCUT2D eigenvalue weighted by Crippen LogP contribution is -2.23. The van der Waals surface area contributed by atoms with Gasteiger partial charge in [0.05, 0.1) is 6.54 Å². The van der Waals surface area contributed by atoms with Gasteiger partial charge in [0.15, 0.2) is 0 Å². The number of hydrogen-bond acceptors (Lipinski definition) is 3. The van der Waals surface area contributed by atoms with Gasteiger partial charge < -0.3 is 10.6 Å². The van der Waals surface area contributed by atoms with Gasteiger partial charge in [0, 0.05) is 24.4 Å². The molecule has 3 heteroatoms. The monoisotopic (exact) mass is 163 g/mol. The second-order valence-corrected chi connectivity index (χ2v) is 2.97. The van der Waals surface area contributed by atoms with Crippen molar-refractivity contribution in [3.8, 4) is 0 Å². The summed E-state index contributed by atoms with van der Waals surface area (Å²) in [7, 11) is 0. The van der Waals surface area contributed by atoms with E-state index in [9.17, 15) is 0 Å². The Labute approximate surface area is 72.3 Å². The zero-order chi connectivity index (χ0) is 8.39. The van der Waals surface area contributed by atoms with E-state index in [-0.39, 0.29) is 0 Å². The van der Waals surface area contributed by atoms with E-state index in [0.717, 1.165) is 43.2 Å². The van der Waals surface area contributed by atoms with Crippen molar-refractivity contribution < 1.29 is 0 Å². The molecule has 12 heavy (non-hydrogen) atoms. The number of rotatable bonds is 2. The Hall–Kier alpha value is -1.25. The summed E-state index contributed by atoms with van der Waals surface area (Å²) < 4.78 is 0. The average molecular weight is 163 g/mol. The van der Waals surface area contributed by atoms with Crippen molar-refractivity contribution in [3.63, 3.8) is 0 Å². The summed E-state index contributed by atoms with van der Waals surface area (Å²) in [5.41, 5.74) is 2.15. The van der Waals surface area contributed by atoms with Crippen LogP contribution in [0.1, 0.15) is 6.42 Å². The average Bonchev–Trinajstić information content (AvgIpc) is 2.77. The van der Waals surface area contributed by atoms with Gasteiger partial charge in [-0.25, -0.2) is 0 Å². The molecule has 0 bridgehead atoms. The molecule has 0 amide bonds. The van der Waals surface area contributed by atoms with Crippen LogP contribution in [0.25, 0.3) is 0 Å². The van der Waals surface area contributed by atoms with E-state index in [2.05, 4.69) is 28.3 Å². The molecule has 0 atom stereocenters. The second kappa shape index (κ2) is 3.01. The molecule has 0 radical (unpaired) electrons. The molecule has 2 aliphatic heterocycles. The molecule has 0 aliphatic carbocycles. The number of nitrogens with zero attached hydrogens (tertiary/aromatic N) is 1. The summed E-state index contributed by atoms with van der Waals surface area (Å²) in [5.74, 6) is 0.954. The standard InChI is InChI=1S/C9H13N3/c1-7(8-3-2-4-10-8)9-11-5-6-12-9/h3,10H,1-2,4-6H2,(H,11,12). The first-order valence-corrected chi connectivity index (χ1v) is 4.30. The van der Waals surface area contributed by atoms with Gasteiger partial charge in [-0.1, -0.05) is 12.7 Å². The highest BCUT2D eigenvalue weighted by Gasteiger charge is 2.14. The van der Waals surface area contributed by atoms with Crippen molar-refractivity contribution in [3.05, 3.63) is 23.9 Å². The molecular formula is C9H13N3. The van der Waals surface area contributed by atoms with Crippen LogP contribution < -0.4 is 10.6 Å². The zero-order valence-electron chi connectivity index (χ0n) is 7.06. The van der Waals surface area contributed by atoms with Crippen LogP contribution in [0.15, 0.2) is 28.9 Å². The third kappa shape index (κ3) is 1.22. The summed E-state index contributed by atoms with van der Waals surface area (Å²) in [6.45, 7) is 6.85. The maximum absolute atomic E-state index is 4.31. The maximum Gasteiger partial charge on any atom is 0.129 e. The topological polar surface area (TPSA) is 36.4 Å². The van der Waals surface area contributed by atoms with E-state index in [4.69, 9.17) is 0 Å². The smallest absolute Gasteiger partial charge is 0.129 e. The van der Waals surface area contributed by atoms with Crippen LogP contribution in [-0.2, 0) is 0 Å². The summed E-state index contributed by atoms with van der Waals surface area (Å²) in [6.07, 6.45) is 3.27. The Balaban J connectivity index is 2.08. The number of amidine groups is 1. The quantitative estimate of drug-likeness (QED) is 0.619. The molecule has 3 nitrogen and oxygen atoms in total. The lowest BCUT2D eigenvalue weighted by molar-refractivity contribution is 0.886. The lowest BCUT2D eigenvalue weighted by atomic mass is 10.2. The molecule has 0 unspecified atom stereocenters. The predicted molar refractivity (Wildman–Crippen MR) is 50.1 cm³/mol. The Bertz CT molecular complexity index is 237. The van der Waals surface area contributed by atoms with E-state index in [1.54, 1.807) is 0 Å². The highest BCUT2D eigenvalue weighted by molar-refractivity contribution is 6.02. The van der Waals surface area contributed by atoms with Gasteiger partial charge in [-0.3, -0.25) is 4.99 Å². The summed E-state index contributed by atoms with van der Waals surface area (Å²) in [5, 5.41) is 6.48. The van der Waals surface area contributed by atoms with Gasteiger partial charge >= 0.3 is 0 Å². The number of aliphatic imine (C=N–C) groups is 1. The molecule has 2 aliphatic rings. The molecular weight excluding hydrogens is 150 g/mol. The minimum atomic E-state index is 0.877. The van der Waals surface area contributed by atoms with Gasteiger partial charge in [-0.15, -0.1) is 0 Å². The summed E-state index contributed by atoms with van der Waals surface area (Å²) >= 11 is 0. The van der Waals surface area contributed by atoms with Gasteiger partial charge in [-0.2, -0.15) is 0 Å². The Kier molecular flexibility index (Phi) is 1.86. The van der Waals surface area contributed by atoms with E-state index in [1.165, 1.54) is 0 Å². The molecule has 0 fully saturated rings. The minimum absolute atomic E-state index is 0.877. The fourth-order valence-electron chi connectivity index (χ4n) is 1.45. The fourth-order valence-corrected chi connectivity index (χ4v) is 1.45. The van der Waals surface area contributed by atoms with Gasteiger partial charge in [0.25, 0.3) is 0 Å². The second-order valence-electron chi connectivity index (χ2n) is 2.97. The third-order valence-electron chi connectivity index (χ3n) is 2.09. The Morgan fingerprint density at radius 3 is 2.92 bits per heavy atom. The largest absolute Gasteiger partial charge is 0.384 e. The highest BCUT2D eigenvalue weighted by Crippen LogP contribution is 2.12. The molecule has 0 saturated heterocycles. The highest BCUT2D eigenvalue weighted by atomic mass is 15.1. The molecule has 0 aromatic carbocycles. The van der Waals surface area contributed by atoms with E-state index >= 15 is 0 Å². The molecule has 2 heterocycles. The predicted octanol–water partition coefficient (Wildman–Crippen LogP) is 0.421. The number of hydrogen-bond donors (Lipinski definition) is 2. The van der Waals surface area contributed by atoms with Crippen molar-refractivity contribution in [2.45, 2.75) is 6.42 Å². The molecule has 2 N–H and O–H groups in total. The van der Waals surface area contributed by atoms with Crippen molar-refractivity contribution in [1.29, 1.82) is 0 Å². The van der Waals surface area contributed by atoms with Crippen LogP contribution in [-0.4, -0.2) is 25.5 Å². The van der Waals surface area contributed by atoms with Crippen molar-refractivity contribution in [1.82, 2.24) is 10.6 Å². The zero-order valence-corrected chi connectivity index (χ0v) is 7.06. The minimum Gasteiger partial charge on any atom is -0.384 e. The third-order valence-corrected chi connectivity index (χ3v) is 2.09. The first kappa shape index (κ1) is 7.40. The Morgan fingerprint density at radius 1 is 1.42 bits per heavy atom. The molecule has 64 valence electrons. The van der Waals surface area contributed by atoms with Crippen LogP contribution in [0.2, 0.25) is 0 Å². The molecule has 0 aromatic heterocycles. The number of nitrogens with one attached hydrogen (secondary N) is 2. The van der Waals surface area contributed by atoms with Crippen molar-refractivity contribution in [2.75, 3.05) is 19.6 Å². The van der Waals surface area contributed by atoms with Crippen LogP contribution in [0.3, 0.4) is 0 Å². The molecule has 0 aromatic rings. The van der Waals surface area contributed by atoms with Crippen LogP contribution in [0, 0.1) is 0 Å². The van der Waals surface area contributed by atoms with Gasteiger partial charge in [-0.05, 0) is 6.42 Å². The van der Waals surface area contributed by atoms with E-state index in [1.807, 2.05) is 0 Å². The Morgan fingerprint density at radius 2 is 2.33 bits per heavy atom. The normalized spacial score (nSPS) is 21.0. The fraction of sp³-hybridized carbons (Fsp3) is 0.444. The van der Waals surface area contributed by atoms with Crippen molar-refractivity contribution in [2.24, 2.45) is 4.99 Å². The SMILES string of the molecule is C=C(C1=CCCN1)C1=NCCN1. The van der Waals surface area contributed by atoms with Crippen molar-refractivity contribution >= 4 is 5.84 Å². The van der Waals surface area contributed by atoms with Crippen LogP contribution in [0.4, 0.5) is 0 Å². The maximum atomic E-state index is 4.31. The van der Waals surface area contributed by atoms with Gasteiger partial charge in [0.2, 0.25) is 0 Å². The summed E-state index contributed by atoms with van der Waals surface area (Å²) in [6, 6.07) is 0. The molecule has 0 spiro atoms. The molecule has 2 rings (SSSR count). The van der Waals surface area contributed by atoms with Crippen LogP contribution in [0.5, 0.6) is 0 Å². The van der Waals surface area contributed by atoms with E-state index < -0.39 is 0 Å². The molecule has 0 saturated carbocycles. The lowest BCUT2D eigenvalue weighted by Gasteiger charge is -2.07. The summed E-state index contributed by atoms with van der Waals surface area (Å²) in [4.78, 5) is 4.31. The first-order valence-electron chi connectivity index (χ1n) is 4.30.